The summed E-state index contributed by atoms with van der Waals surface area (Å²) in [4.78, 5) is 6.91. The van der Waals surface area contributed by atoms with Crippen LogP contribution in [0.25, 0.3) is 0 Å². The molecule has 1 aromatic heterocycles. The van der Waals surface area contributed by atoms with Crippen molar-refractivity contribution in [1.29, 1.82) is 0 Å². The Kier molecular flexibility index (Phi) is 6.69. The Hall–Kier alpha value is -0.870. The van der Waals surface area contributed by atoms with Crippen LogP contribution in [0.15, 0.2) is 12.4 Å². The lowest BCUT2D eigenvalue weighted by Gasteiger charge is -2.43. The molecule has 0 aliphatic rings. The molecule has 2 atom stereocenters. The van der Waals surface area contributed by atoms with E-state index >= 15 is 0 Å². The zero-order chi connectivity index (χ0) is 15.2. The van der Waals surface area contributed by atoms with Gasteiger partial charge in [-0.2, -0.15) is 0 Å². The number of likely N-dealkylation sites (N-methyl/N-ethyl adjacent to an activating group) is 2. The summed E-state index contributed by atoms with van der Waals surface area (Å²) in [7, 11) is 4.35. The van der Waals surface area contributed by atoms with E-state index in [-0.39, 0.29) is 5.54 Å². The largest absolute Gasteiger partial charge is 0.335 e. The molecule has 0 fully saturated rings. The Balaban J connectivity index is 2.93. The van der Waals surface area contributed by atoms with Crippen LogP contribution in [0, 0.1) is 0 Å². The molecule has 0 radical (unpaired) electrons. The molecule has 0 aromatic carbocycles. The van der Waals surface area contributed by atoms with Crippen molar-refractivity contribution < 1.29 is 0 Å². The van der Waals surface area contributed by atoms with Crippen molar-refractivity contribution >= 4 is 0 Å². The molecule has 1 aromatic rings. The molecule has 0 saturated carbocycles. The smallest absolute Gasteiger partial charge is 0.110 e. The molecular formula is C16H32N4. The van der Waals surface area contributed by atoms with E-state index in [1.807, 2.05) is 6.20 Å². The first-order chi connectivity index (χ1) is 9.49. The lowest BCUT2D eigenvalue weighted by atomic mass is 9.85. The average molecular weight is 280 g/mol. The van der Waals surface area contributed by atoms with E-state index in [1.165, 1.54) is 5.82 Å². The van der Waals surface area contributed by atoms with E-state index in [1.54, 1.807) is 0 Å². The second-order valence-electron chi connectivity index (χ2n) is 5.96. The van der Waals surface area contributed by atoms with Gasteiger partial charge >= 0.3 is 0 Å². The van der Waals surface area contributed by atoms with Crippen LogP contribution >= 0.6 is 0 Å². The third-order valence-corrected chi connectivity index (χ3v) is 4.59. The van der Waals surface area contributed by atoms with Crippen LogP contribution in [0.1, 0.15) is 46.4 Å². The van der Waals surface area contributed by atoms with Crippen LogP contribution in [0.5, 0.6) is 0 Å². The van der Waals surface area contributed by atoms with E-state index in [0.717, 1.165) is 32.4 Å². The van der Waals surface area contributed by atoms with Gasteiger partial charge in [0.25, 0.3) is 0 Å². The summed E-state index contributed by atoms with van der Waals surface area (Å²) in [6.45, 7) is 11.0. The van der Waals surface area contributed by atoms with Crippen molar-refractivity contribution in [1.82, 2.24) is 19.8 Å². The molecule has 20 heavy (non-hydrogen) atoms. The number of nitrogens with zero attached hydrogens (tertiary/aromatic N) is 3. The molecule has 0 saturated heterocycles. The topological polar surface area (TPSA) is 33.1 Å². The summed E-state index contributed by atoms with van der Waals surface area (Å²) >= 11 is 0. The number of aromatic nitrogens is 2. The molecule has 116 valence electrons. The molecule has 4 nitrogen and oxygen atoms in total. The Bertz CT molecular complexity index is 386. The van der Waals surface area contributed by atoms with E-state index < -0.39 is 0 Å². The Labute approximate surface area is 124 Å². The fraction of sp³-hybridized carbons (Fsp3) is 0.812. The third kappa shape index (κ3) is 3.83. The van der Waals surface area contributed by atoms with Gasteiger partial charge in [0.2, 0.25) is 0 Å². The number of imidazole rings is 1. The third-order valence-electron chi connectivity index (χ3n) is 4.59. The summed E-state index contributed by atoms with van der Waals surface area (Å²) in [6.07, 6.45) is 7.26. The molecule has 4 heteroatoms. The van der Waals surface area contributed by atoms with Crippen molar-refractivity contribution in [3.8, 4) is 0 Å². The monoisotopic (exact) mass is 280 g/mol. The zero-order valence-electron chi connectivity index (χ0n) is 14.1. The van der Waals surface area contributed by atoms with Crippen LogP contribution in [0.4, 0.5) is 0 Å². The summed E-state index contributed by atoms with van der Waals surface area (Å²) in [5, 5.41) is 3.67. The molecule has 1 N–H and O–H groups in total. The highest BCUT2D eigenvalue weighted by Crippen LogP contribution is 2.23. The second kappa shape index (κ2) is 7.79. The van der Waals surface area contributed by atoms with E-state index in [2.05, 4.69) is 67.8 Å². The van der Waals surface area contributed by atoms with Gasteiger partial charge in [0.05, 0.1) is 0 Å². The Morgan fingerprint density at radius 2 is 2.05 bits per heavy atom. The lowest BCUT2D eigenvalue weighted by molar-refractivity contribution is 0.112. The maximum Gasteiger partial charge on any atom is 0.110 e. The number of rotatable bonds is 9. The minimum Gasteiger partial charge on any atom is -0.335 e. The van der Waals surface area contributed by atoms with Crippen molar-refractivity contribution in [3.05, 3.63) is 18.2 Å². The Morgan fingerprint density at radius 3 is 2.55 bits per heavy atom. The molecule has 0 bridgehead atoms. The standard InChI is InChI=1S/C16H32N4/c1-7-11-20-12-10-18-15(20)13-14(17-9-3)16(4,8-2)19(5)6/h10,12,14,17H,7-9,11,13H2,1-6H3. The van der Waals surface area contributed by atoms with Gasteiger partial charge in [-0.1, -0.05) is 20.8 Å². The summed E-state index contributed by atoms with van der Waals surface area (Å²) in [5.41, 5.74) is 0.138. The first kappa shape index (κ1) is 17.2. The van der Waals surface area contributed by atoms with Gasteiger partial charge in [-0.3, -0.25) is 0 Å². The van der Waals surface area contributed by atoms with Gasteiger partial charge < -0.3 is 14.8 Å². The van der Waals surface area contributed by atoms with Gasteiger partial charge in [0, 0.05) is 36.9 Å². The SMILES string of the molecule is CCCn1ccnc1CC(NCC)C(C)(CC)N(C)C. The van der Waals surface area contributed by atoms with Gasteiger partial charge in [0.1, 0.15) is 5.82 Å². The lowest BCUT2D eigenvalue weighted by Crippen LogP contribution is -2.58. The number of hydrogen-bond donors (Lipinski definition) is 1. The first-order valence-electron chi connectivity index (χ1n) is 7.90. The maximum absolute atomic E-state index is 4.57. The fourth-order valence-electron chi connectivity index (χ4n) is 2.79. The maximum atomic E-state index is 4.57. The number of nitrogens with one attached hydrogen (secondary N) is 1. The number of hydrogen-bond acceptors (Lipinski definition) is 3. The first-order valence-corrected chi connectivity index (χ1v) is 7.90. The Morgan fingerprint density at radius 1 is 1.35 bits per heavy atom. The zero-order valence-corrected chi connectivity index (χ0v) is 14.1. The molecular weight excluding hydrogens is 248 g/mol. The highest BCUT2D eigenvalue weighted by molar-refractivity contribution is 5.03. The molecule has 0 amide bonds. The number of aryl methyl sites for hydroxylation is 1. The van der Waals surface area contributed by atoms with E-state index in [0.29, 0.717) is 6.04 Å². The van der Waals surface area contributed by atoms with E-state index in [4.69, 9.17) is 0 Å². The normalized spacial score (nSPS) is 16.4. The van der Waals surface area contributed by atoms with Crippen molar-refractivity contribution in [2.24, 2.45) is 0 Å². The highest BCUT2D eigenvalue weighted by Gasteiger charge is 2.34. The highest BCUT2D eigenvalue weighted by atomic mass is 15.2. The second-order valence-corrected chi connectivity index (χ2v) is 5.96. The average Bonchev–Trinajstić information content (AvgIpc) is 2.85. The van der Waals surface area contributed by atoms with Crippen LogP contribution in [-0.4, -0.2) is 46.7 Å². The van der Waals surface area contributed by atoms with Crippen molar-refractivity contribution in [3.63, 3.8) is 0 Å². The molecule has 1 rings (SSSR count). The van der Waals surface area contributed by atoms with Crippen LogP contribution in [0.3, 0.4) is 0 Å². The summed E-state index contributed by atoms with van der Waals surface area (Å²) < 4.78 is 2.29. The van der Waals surface area contributed by atoms with Gasteiger partial charge in [0.15, 0.2) is 0 Å². The molecule has 2 unspecified atom stereocenters. The van der Waals surface area contributed by atoms with Crippen LogP contribution < -0.4 is 5.32 Å². The minimum absolute atomic E-state index is 0.138. The quantitative estimate of drug-likeness (QED) is 0.754. The van der Waals surface area contributed by atoms with Crippen molar-refractivity contribution in [2.45, 2.75) is 65.1 Å². The molecule has 0 aliphatic heterocycles. The van der Waals surface area contributed by atoms with Gasteiger partial charge in [-0.05, 0) is 40.4 Å². The molecule has 0 spiro atoms. The minimum atomic E-state index is 0.138. The van der Waals surface area contributed by atoms with Crippen LogP contribution in [-0.2, 0) is 13.0 Å². The predicted octanol–water partition coefficient (Wildman–Crippen LogP) is 2.54. The molecule has 1 heterocycles. The van der Waals surface area contributed by atoms with Crippen molar-refractivity contribution in [2.75, 3.05) is 20.6 Å². The fourth-order valence-corrected chi connectivity index (χ4v) is 2.79. The molecule has 0 aliphatic carbocycles. The predicted molar refractivity (Wildman–Crippen MR) is 86.1 cm³/mol. The van der Waals surface area contributed by atoms with Gasteiger partial charge in [-0.25, -0.2) is 4.98 Å². The summed E-state index contributed by atoms with van der Waals surface area (Å²) in [5.74, 6) is 1.19. The summed E-state index contributed by atoms with van der Waals surface area (Å²) in [6, 6.07) is 0.408. The van der Waals surface area contributed by atoms with E-state index in [9.17, 15) is 0 Å². The van der Waals surface area contributed by atoms with Crippen LogP contribution in [0.2, 0.25) is 0 Å². The van der Waals surface area contributed by atoms with Gasteiger partial charge in [-0.15, -0.1) is 0 Å².